The molecule has 0 aromatic heterocycles. The fourth-order valence-corrected chi connectivity index (χ4v) is 1.31. The molecule has 3 heteroatoms. The number of aliphatic hydroxyl groups is 1. The second-order valence-electron chi connectivity index (χ2n) is 3.59. The third-order valence-corrected chi connectivity index (χ3v) is 2.35. The Bertz CT molecular complexity index is 365. The standard InChI is InChI=1S/C13H16O3/c1-10(9-14)3-8-13(15)11-4-6-12(16-2)7-5-11/h3-7,9,13,15H,8H2,1-2H3/b10-3+. The summed E-state index contributed by atoms with van der Waals surface area (Å²) in [5, 5.41) is 9.83. The van der Waals surface area contributed by atoms with Crippen molar-refractivity contribution in [1.82, 2.24) is 0 Å². The van der Waals surface area contributed by atoms with Crippen LogP contribution in [0.1, 0.15) is 25.0 Å². The van der Waals surface area contributed by atoms with Gasteiger partial charge in [-0.15, -0.1) is 0 Å². The van der Waals surface area contributed by atoms with Gasteiger partial charge in [0.1, 0.15) is 12.0 Å². The molecule has 0 aliphatic carbocycles. The number of aldehydes is 1. The summed E-state index contributed by atoms with van der Waals surface area (Å²) in [6.07, 6.45) is 2.36. The number of allylic oxidation sites excluding steroid dienone is 1. The van der Waals surface area contributed by atoms with E-state index in [-0.39, 0.29) is 0 Å². The summed E-state index contributed by atoms with van der Waals surface area (Å²) in [5.74, 6) is 0.760. The van der Waals surface area contributed by atoms with Crippen molar-refractivity contribution < 1.29 is 14.6 Å². The Morgan fingerprint density at radius 3 is 2.56 bits per heavy atom. The molecule has 0 amide bonds. The molecule has 3 nitrogen and oxygen atoms in total. The molecule has 0 spiro atoms. The summed E-state index contributed by atoms with van der Waals surface area (Å²) in [4.78, 5) is 10.4. The fourth-order valence-electron chi connectivity index (χ4n) is 1.31. The zero-order valence-electron chi connectivity index (χ0n) is 9.51. The smallest absolute Gasteiger partial charge is 0.145 e. The van der Waals surface area contributed by atoms with Crippen molar-refractivity contribution in [2.24, 2.45) is 0 Å². The molecule has 0 aliphatic rings. The molecular weight excluding hydrogens is 204 g/mol. The van der Waals surface area contributed by atoms with Gasteiger partial charge < -0.3 is 9.84 Å². The van der Waals surface area contributed by atoms with E-state index in [0.717, 1.165) is 17.6 Å². The van der Waals surface area contributed by atoms with E-state index >= 15 is 0 Å². The zero-order chi connectivity index (χ0) is 12.0. The van der Waals surface area contributed by atoms with Crippen molar-refractivity contribution in [2.45, 2.75) is 19.4 Å². The van der Waals surface area contributed by atoms with Crippen LogP contribution < -0.4 is 4.74 Å². The SMILES string of the molecule is COc1ccc(C(O)C/C=C(\C)C=O)cc1. The Morgan fingerprint density at radius 2 is 2.06 bits per heavy atom. The average molecular weight is 220 g/mol. The van der Waals surface area contributed by atoms with E-state index in [1.54, 1.807) is 32.2 Å². The van der Waals surface area contributed by atoms with Gasteiger partial charge in [-0.25, -0.2) is 0 Å². The van der Waals surface area contributed by atoms with Gasteiger partial charge in [-0.05, 0) is 36.6 Å². The number of hydrogen-bond acceptors (Lipinski definition) is 3. The van der Waals surface area contributed by atoms with E-state index in [0.29, 0.717) is 12.0 Å². The quantitative estimate of drug-likeness (QED) is 0.611. The zero-order valence-corrected chi connectivity index (χ0v) is 9.51. The predicted molar refractivity (Wildman–Crippen MR) is 62.4 cm³/mol. The summed E-state index contributed by atoms with van der Waals surface area (Å²) in [6.45, 7) is 1.72. The van der Waals surface area contributed by atoms with E-state index in [9.17, 15) is 9.90 Å². The van der Waals surface area contributed by atoms with E-state index in [4.69, 9.17) is 4.74 Å². The minimum atomic E-state index is -0.583. The maximum atomic E-state index is 10.4. The summed E-state index contributed by atoms with van der Waals surface area (Å²) in [5.41, 5.74) is 1.45. The molecule has 0 aliphatic heterocycles. The second kappa shape index (κ2) is 6.08. The Labute approximate surface area is 95.4 Å². The van der Waals surface area contributed by atoms with Gasteiger partial charge in [-0.2, -0.15) is 0 Å². The number of rotatable bonds is 5. The Balaban J connectivity index is 2.65. The number of hydrogen-bond donors (Lipinski definition) is 1. The highest BCUT2D eigenvalue weighted by Crippen LogP contribution is 2.20. The van der Waals surface area contributed by atoms with Crippen molar-refractivity contribution >= 4 is 6.29 Å². The van der Waals surface area contributed by atoms with Crippen LogP contribution in [0.15, 0.2) is 35.9 Å². The summed E-state index contributed by atoms with van der Waals surface area (Å²) < 4.78 is 5.02. The molecule has 1 aromatic carbocycles. The molecule has 0 bridgehead atoms. The van der Waals surface area contributed by atoms with Gasteiger partial charge in [0.05, 0.1) is 13.2 Å². The van der Waals surface area contributed by atoms with Gasteiger partial charge >= 0.3 is 0 Å². The van der Waals surface area contributed by atoms with Crippen LogP contribution in [-0.2, 0) is 4.79 Å². The summed E-state index contributed by atoms with van der Waals surface area (Å²) in [7, 11) is 1.60. The van der Waals surface area contributed by atoms with Gasteiger partial charge in [0.2, 0.25) is 0 Å². The lowest BCUT2D eigenvalue weighted by atomic mass is 10.1. The highest BCUT2D eigenvalue weighted by atomic mass is 16.5. The molecular formula is C13H16O3. The molecule has 86 valence electrons. The fraction of sp³-hybridized carbons (Fsp3) is 0.308. The van der Waals surface area contributed by atoms with Crippen LogP contribution in [-0.4, -0.2) is 18.5 Å². The largest absolute Gasteiger partial charge is 0.497 e. The molecule has 1 atom stereocenters. The molecule has 0 saturated heterocycles. The molecule has 1 aromatic rings. The number of carbonyl (C=O) groups excluding carboxylic acids is 1. The van der Waals surface area contributed by atoms with Crippen LogP contribution in [0.3, 0.4) is 0 Å². The normalized spacial score (nSPS) is 13.3. The molecule has 1 unspecified atom stereocenters. The second-order valence-corrected chi connectivity index (χ2v) is 3.59. The Kier molecular flexibility index (Phi) is 4.73. The summed E-state index contributed by atoms with van der Waals surface area (Å²) in [6, 6.07) is 7.23. The lowest BCUT2D eigenvalue weighted by Crippen LogP contribution is -1.96. The van der Waals surface area contributed by atoms with Gasteiger partial charge in [0, 0.05) is 0 Å². The third-order valence-electron chi connectivity index (χ3n) is 2.35. The molecule has 0 heterocycles. The molecule has 0 radical (unpaired) electrons. The molecule has 16 heavy (non-hydrogen) atoms. The van der Waals surface area contributed by atoms with Crippen molar-refractivity contribution in [3.05, 3.63) is 41.5 Å². The number of carbonyl (C=O) groups is 1. The minimum absolute atomic E-state index is 0.441. The van der Waals surface area contributed by atoms with Gasteiger partial charge in [-0.1, -0.05) is 18.2 Å². The highest BCUT2D eigenvalue weighted by molar-refractivity contribution is 5.71. The lowest BCUT2D eigenvalue weighted by molar-refractivity contribution is -0.104. The first-order valence-electron chi connectivity index (χ1n) is 5.11. The van der Waals surface area contributed by atoms with Crippen LogP contribution in [0.25, 0.3) is 0 Å². The van der Waals surface area contributed by atoms with Gasteiger partial charge in [0.15, 0.2) is 0 Å². The van der Waals surface area contributed by atoms with Crippen molar-refractivity contribution in [3.8, 4) is 5.75 Å². The van der Waals surface area contributed by atoms with Crippen LogP contribution in [0.4, 0.5) is 0 Å². The number of aliphatic hydroxyl groups excluding tert-OH is 1. The van der Waals surface area contributed by atoms with Crippen LogP contribution in [0, 0.1) is 0 Å². The first kappa shape index (κ1) is 12.5. The van der Waals surface area contributed by atoms with Crippen LogP contribution >= 0.6 is 0 Å². The maximum Gasteiger partial charge on any atom is 0.145 e. The molecule has 1 N–H and O–H groups in total. The van der Waals surface area contributed by atoms with Crippen LogP contribution in [0.5, 0.6) is 5.75 Å². The van der Waals surface area contributed by atoms with Crippen molar-refractivity contribution in [1.29, 1.82) is 0 Å². The van der Waals surface area contributed by atoms with Crippen molar-refractivity contribution in [3.63, 3.8) is 0 Å². The average Bonchev–Trinajstić information content (AvgIpc) is 2.35. The topological polar surface area (TPSA) is 46.5 Å². The molecule has 1 rings (SSSR count). The molecule has 0 fully saturated rings. The first-order chi connectivity index (χ1) is 7.67. The first-order valence-corrected chi connectivity index (χ1v) is 5.11. The highest BCUT2D eigenvalue weighted by Gasteiger charge is 2.05. The number of methoxy groups -OCH3 is 1. The third kappa shape index (κ3) is 3.51. The van der Waals surface area contributed by atoms with E-state index in [2.05, 4.69) is 0 Å². The Morgan fingerprint density at radius 1 is 1.44 bits per heavy atom. The van der Waals surface area contributed by atoms with E-state index < -0.39 is 6.10 Å². The maximum absolute atomic E-state index is 10.4. The minimum Gasteiger partial charge on any atom is -0.497 e. The molecule has 0 saturated carbocycles. The van der Waals surface area contributed by atoms with Crippen LogP contribution in [0.2, 0.25) is 0 Å². The number of benzene rings is 1. The van der Waals surface area contributed by atoms with E-state index in [1.165, 1.54) is 0 Å². The van der Waals surface area contributed by atoms with Crippen molar-refractivity contribution in [2.75, 3.05) is 7.11 Å². The van der Waals surface area contributed by atoms with Gasteiger partial charge in [0.25, 0.3) is 0 Å². The van der Waals surface area contributed by atoms with Gasteiger partial charge in [-0.3, -0.25) is 4.79 Å². The number of ether oxygens (including phenoxy) is 1. The lowest BCUT2D eigenvalue weighted by Gasteiger charge is -2.09. The predicted octanol–water partition coefficient (Wildman–Crippen LogP) is 2.26. The monoisotopic (exact) mass is 220 g/mol. The summed E-state index contributed by atoms with van der Waals surface area (Å²) >= 11 is 0. The Hall–Kier alpha value is -1.61. The van der Waals surface area contributed by atoms with E-state index in [1.807, 2.05) is 12.1 Å².